The van der Waals surface area contributed by atoms with Crippen molar-refractivity contribution >= 4 is 21.8 Å². The van der Waals surface area contributed by atoms with Crippen LogP contribution in [0.2, 0.25) is 0 Å². The Balaban J connectivity index is 2.08. The zero-order valence-electron chi connectivity index (χ0n) is 13.1. The molecule has 1 unspecified atom stereocenters. The summed E-state index contributed by atoms with van der Waals surface area (Å²) in [5, 5.41) is 3.04. The fourth-order valence-electron chi connectivity index (χ4n) is 2.44. The first kappa shape index (κ1) is 16.7. The molecule has 0 saturated carbocycles. The summed E-state index contributed by atoms with van der Waals surface area (Å²) >= 11 is 3.42. The van der Waals surface area contributed by atoms with Gasteiger partial charge in [0, 0.05) is 16.6 Å². The predicted molar refractivity (Wildman–Crippen MR) is 94.1 cm³/mol. The third kappa shape index (κ3) is 4.18. The van der Waals surface area contributed by atoms with Crippen LogP contribution in [0.5, 0.6) is 0 Å². The molecule has 1 atom stereocenters. The number of halogens is 1. The Morgan fingerprint density at radius 3 is 2.45 bits per heavy atom. The van der Waals surface area contributed by atoms with E-state index < -0.39 is 0 Å². The predicted octanol–water partition coefficient (Wildman–Crippen LogP) is 3.79. The van der Waals surface area contributed by atoms with Crippen LogP contribution in [-0.4, -0.2) is 31.4 Å². The number of aryl methyl sites for hydroxylation is 1. The highest BCUT2D eigenvalue weighted by Gasteiger charge is 2.16. The third-order valence-electron chi connectivity index (χ3n) is 3.70. The maximum atomic E-state index is 12.4. The van der Waals surface area contributed by atoms with E-state index >= 15 is 0 Å². The molecule has 0 aliphatic heterocycles. The van der Waals surface area contributed by atoms with Crippen molar-refractivity contribution in [1.29, 1.82) is 0 Å². The molecule has 2 rings (SSSR count). The van der Waals surface area contributed by atoms with Gasteiger partial charge >= 0.3 is 0 Å². The number of rotatable bonds is 5. The van der Waals surface area contributed by atoms with Crippen LogP contribution in [0.3, 0.4) is 0 Å². The zero-order chi connectivity index (χ0) is 16.1. The van der Waals surface area contributed by atoms with E-state index in [1.54, 1.807) is 0 Å². The second-order valence-electron chi connectivity index (χ2n) is 5.56. The van der Waals surface area contributed by atoms with Crippen LogP contribution in [0.25, 0.3) is 0 Å². The maximum Gasteiger partial charge on any atom is 0.251 e. The summed E-state index contributed by atoms with van der Waals surface area (Å²) < 4.78 is 0.983. The molecule has 4 heteroatoms. The van der Waals surface area contributed by atoms with Gasteiger partial charge in [0.25, 0.3) is 5.91 Å². The molecular weight excluding hydrogens is 340 g/mol. The van der Waals surface area contributed by atoms with E-state index in [0.717, 1.165) is 10.0 Å². The molecule has 2 aromatic rings. The molecule has 0 spiro atoms. The number of carbonyl (C=O) groups excluding carboxylic acids is 1. The summed E-state index contributed by atoms with van der Waals surface area (Å²) in [6.07, 6.45) is 0. The number of likely N-dealkylation sites (N-methyl/N-ethyl adjacent to an activating group) is 1. The topological polar surface area (TPSA) is 32.3 Å². The van der Waals surface area contributed by atoms with Gasteiger partial charge in [0.1, 0.15) is 0 Å². The van der Waals surface area contributed by atoms with Crippen LogP contribution in [0.4, 0.5) is 0 Å². The Hall–Kier alpha value is -1.65. The zero-order valence-corrected chi connectivity index (χ0v) is 14.7. The fraction of sp³-hybridized carbons (Fsp3) is 0.278. The van der Waals surface area contributed by atoms with Gasteiger partial charge in [0.05, 0.1) is 6.04 Å². The molecule has 116 valence electrons. The molecule has 2 aromatic carbocycles. The average Bonchev–Trinajstić information content (AvgIpc) is 2.48. The average molecular weight is 361 g/mol. The van der Waals surface area contributed by atoms with E-state index in [4.69, 9.17) is 0 Å². The molecule has 0 fully saturated rings. The van der Waals surface area contributed by atoms with Crippen LogP contribution in [0.15, 0.2) is 53.0 Å². The smallest absolute Gasteiger partial charge is 0.251 e. The number of amides is 1. The molecule has 0 heterocycles. The first-order chi connectivity index (χ1) is 10.5. The molecule has 1 N–H and O–H groups in total. The summed E-state index contributed by atoms with van der Waals surface area (Å²) in [6, 6.07) is 16.1. The first-order valence-corrected chi connectivity index (χ1v) is 8.04. The Morgan fingerprint density at radius 1 is 1.18 bits per heavy atom. The summed E-state index contributed by atoms with van der Waals surface area (Å²) in [5.41, 5.74) is 2.88. The highest BCUT2D eigenvalue weighted by molar-refractivity contribution is 9.10. The summed E-state index contributed by atoms with van der Waals surface area (Å²) in [7, 11) is 4.05. The van der Waals surface area contributed by atoms with Gasteiger partial charge < -0.3 is 10.2 Å². The quantitative estimate of drug-likeness (QED) is 0.879. The van der Waals surface area contributed by atoms with Gasteiger partial charge in [-0.15, -0.1) is 0 Å². The van der Waals surface area contributed by atoms with Crippen molar-refractivity contribution in [2.75, 3.05) is 20.6 Å². The molecule has 0 aliphatic rings. The Kier molecular flexibility index (Phi) is 5.75. The van der Waals surface area contributed by atoms with Crippen molar-refractivity contribution in [3.63, 3.8) is 0 Å². The SMILES string of the molecule is Cc1cc(Br)ccc1C(=O)NCC(c1ccccc1)N(C)C. The number of carbonyl (C=O) groups is 1. The normalized spacial score (nSPS) is 12.2. The molecule has 0 saturated heterocycles. The van der Waals surface area contributed by atoms with Gasteiger partial charge in [-0.05, 0) is 50.3 Å². The van der Waals surface area contributed by atoms with Crippen molar-refractivity contribution < 1.29 is 4.79 Å². The van der Waals surface area contributed by atoms with Gasteiger partial charge in [0.15, 0.2) is 0 Å². The van der Waals surface area contributed by atoms with E-state index in [-0.39, 0.29) is 11.9 Å². The molecular formula is C18H21BrN2O. The van der Waals surface area contributed by atoms with Crippen molar-refractivity contribution in [3.05, 3.63) is 69.7 Å². The van der Waals surface area contributed by atoms with Crippen molar-refractivity contribution in [2.24, 2.45) is 0 Å². The maximum absolute atomic E-state index is 12.4. The lowest BCUT2D eigenvalue weighted by molar-refractivity contribution is 0.0941. The molecule has 22 heavy (non-hydrogen) atoms. The summed E-state index contributed by atoms with van der Waals surface area (Å²) in [4.78, 5) is 14.5. The third-order valence-corrected chi connectivity index (χ3v) is 4.19. The molecule has 0 bridgehead atoms. The summed E-state index contributed by atoms with van der Waals surface area (Å²) in [6.45, 7) is 2.52. The second kappa shape index (κ2) is 7.56. The minimum atomic E-state index is -0.0345. The van der Waals surface area contributed by atoms with E-state index in [9.17, 15) is 4.79 Å². The lowest BCUT2D eigenvalue weighted by atomic mass is 10.1. The standard InChI is InChI=1S/C18H21BrN2O/c1-13-11-15(19)9-10-16(13)18(22)20-12-17(21(2)3)14-7-5-4-6-8-14/h4-11,17H,12H2,1-3H3,(H,20,22). The minimum Gasteiger partial charge on any atom is -0.350 e. The first-order valence-electron chi connectivity index (χ1n) is 7.24. The van der Waals surface area contributed by atoms with E-state index in [1.807, 2.05) is 57.4 Å². The lowest BCUT2D eigenvalue weighted by Crippen LogP contribution is -2.34. The Bertz CT molecular complexity index is 641. The molecule has 0 radical (unpaired) electrons. The lowest BCUT2D eigenvalue weighted by Gasteiger charge is -2.25. The van der Waals surface area contributed by atoms with Crippen molar-refractivity contribution in [3.8, 4) is 0 Å². The van der Waals surface area contributed by atoms with Crippen LogP contribution >= 0.6 is 15.9 Å². The molecule has 1 amide bonds. The highest BCUT2D eigenvalue weighted by Crippen LogP contribution is 2.18. The van der Waals surface area contributed by atoms with Crippen LogP contribution in [0, 0.1) is 6.92 Å². The van der Waals surface area contributed by atoms with Crippen molar-refractivity contribution in [1.82, 2.24) is 10.2 Å². The summed E-state index contributed by atoms with van der Waals surface area (Å²) in [5.74, 6) is -0.0345. The van der Waals surface area contributed by atoms with E-state index in [0.29, 0.717) is 12.1 Å². The van der Waals surface area contributed by atoms with Crippen LogP contribution in [0.1, 0.15) is 27.5 Å². The Labute approximate surface area is 140 Å². The number of hydrogen-bond acceptors (Lipinski definition) is 2. The van der Waals surface area contributed by atoms with Crippen LogP contribution < -0.4 is 5.32 Å². The van der Waals surface area contributed by atoms with E-state index in [2.05, 4.69) is 38.3 Å². The van der Waals surface area contributed by atoms with Gasteiger partial charge in [-0.25, -0.2) is 0 Å². The van der Waals surface area contributed by atoms with Crippen LogP contribution in [-0.2, 0) is 0 Å². The van der Waals surface area contributed by atoms with Gasteiger partial charge in [-0.2, -0.15) is 0 Å². The molecule has 3 nitrogen and oxygen atoms in total. The minimum absolute atomic E-state index is 0.0345. The van der Waals surface area contributed by atoms with Gasteiger partial charge in [-0.3, -0.25) is 4.79 Å². The van der Waals surface area contributed by atoms with E-state index in [1.165, 1.54) is 5.56 Å². The number of benzene rings is 2. The van der Waals surface area contributed by atoms with Gasteiger partial charge in [-0.1, -0.05) is 46.3 Å². The molecule has 0 aromatic heterocycles. The van der Waals surface area contributed by atoms with Gasteiger partial charge in [0.2, 0.25) is 0 Å². The number of nitrogens with one attached hydrogen (secondary N) is 1. The fourth-order valence-corrected chi connectivity index (χ4v) is 2.92. The second-order valence-corrected chi connectivity index (χ2v) is 6.48. The molecule has 0 aliphatic carbocycles. The van der Waals surface area contributed by atoms with Crippen molar-refractivity contribution in [2.45, 2.75) is 13.0 Å². The highest BCUT2D eigenvalue weighted by atomic mass is 79.9. The monoisotopic (exact) mass is 360 g/mol. The number of hydrogen-bond donors (Lipinski definition) is 1. The number of nitrogens with zero attached hydrogens (tertiary/aromatic N) is 1. The Morgan fingerprint density at radius 2 is 1.86 bits per heavy atom. The largest absolute Gasteiger partial charge is 0.350 e.